The van der Waals surface area contributed by atoms with Gasteiger partial charge in [0.1, 0.15) is 0 Å². The molecule has 0 saturated heterocycles. The summed E-state index contributed by atoms with van der Waals surface area (Å²) in [6, 6.07) is 2.93. The van der Waals surface area contributed by atoms with E-state index in [1.165, 1.54) is 6.07 Å². The summed E-state index contributed by atoms with van der Waals surface area (Å²) in [7, 11) is 0. The molecule has 4 nitrogen and oxygen atoms in total. The van der Waals surface area contributed by atoms with E-state index in [0.29, 0.717) is 31.2 Å². The van der Waals surface area contributed by atoms with E-state index in [4.69, 9.17) is 15.2 Å². The standard InChI is InChI=1S/C13H21FN2O2/c1-4-17-8-9(3)16-12-7-13(18-5-2)10(14)6-11(12)15/h6-7,9,16H,4-5,8,15H2,1-3H3. The Morgan fingerprint density at radius 3 is 2.67 bits per heavy atom. The molecule has 5 heteroatoms. The second kappa shape index (κ2) is 7.06. The molecule has 0 radical (unpaired) electrons. The van der Waals surface area contributed by atoms with E-state index in [2.05, 4.69) is 5.32 Å². The summed E-state index contributed by atoms with van der Waals surface area (Å²) in [5.74, 6) is -0.241. The Kier molecular flexibility index (Phi) is 5.71. The lowest BCUT2D eigenvalue weighted by Crippen LogP contribution is -2.22. The number of hydrogen-bond acceptors (Lipinski definition) is 4. The molecular weight excluding hydrogens is 235 g/mol. The van der Waals surface area contributed by atoms with Gasteiger partial charge in [0.25, 0.3) is 0 Å². The maximum Gasteiger partial charge on any atom is 0.167 e. The molecule has 0 aliphatic rings. The molecule has 0 aliphatic heterocycles. The minimum Gasteiger partial charge on any atom is -0.491 e. The second-order valence-electron chi connectivity index (χ2n) is 4.01. The molecule has 0 amide bonds. The molecular formula is C13H21FN2O2. The summed E-state index contributed by atoms with van der Waals surface area (Å²) >= 11 is 0. The van der Waals surface area contributed by atoms with E-state index >= 15 is 0 Å². The molecule has 0 fully saturated rings. The summed E-state index contributed by atoms with van der Waals surface area (Å²) in [4.78, 5) is 0. The first-order valence-electron chi connectivity index (χ1n) is 6.14. The van der Waals surface area contributed by atoms with Gasteiger partial charge in [0.2, 0.25) is 0 Å². The van der Waals surface area contributed by atoms with Crippen molar-refractivity contribution in [3.63, 3.8) is 0 Å². The molecule has 3 N–H and O–H groups in total. The van der Waals surface area contributed by atoms with Gasteiger partial charge in [-0.25, -0.2) is 4.39 Å². The minimum atomic E-state index is -0.447. The van der Waals surface area contributed by atoms with Crippen LogP contribution in [0.25, 0.3) is 0 Å². The van der Waals surface area contributed by atoms with Gasteiger partial charge in [0.15, 0.2) is 11.6 Å². The number of nitrogens with one attached hydrogen (secondary N) is 1. The number of nitrogens with two attached hydrogens (primary N) is 1. The molecule has 1 aromatic carbocycles. The van der Waals surface area contributed by atoms with Crippen molar-refractivity contribution in [1.82, 2.24) is 0 Å². The van der Waals surface area contributed by atoms with Crippen molar-refractivity contribution < 1.29 is 13.9 Å². The fourth-order valence-electron chi connectivity index (χ4n) is 1.56. The van der Waals surface area contributed by atoms with Gasteiger partial charge in [-0.1, -0.05) is 0 Å². The second-order valence-corrected chi connectivity index (χ2v) is 4.01. The van der Waals surface area contributed by atoms with Crippen molar-refractivity contribution in [1.29, 1.82) is 0 Å². The van der Waals surface area contributed by atoms with E-state index in [1.807, 2.05) is 13.8 Å². The lowest BCUT2D eigenvalue weighted by Gasteiger charge is -2.17. The lowest BCUT2D eigenvalue weighted by molar-refractivity contribution is 0.141. The molecule has 102 valence electrons. The SMILES string of the molecule is CCOCC(C)Nc1cc(OCC)c(F)cc1N. The lowest BCUT2D eigenvalue weighted by atomic mass is 10.2. The number of nitrogen functional groups attached to an aromatic ring is 1. The summed E-state index contributed by atoms with van der Waals surface area (Å²) in [5, 5.41) is 3.17. The summed E-state index contributed by atoms with van der Waals surface area (Å²) in [6.07, 6.45) is 0. The highest BCUT2D eigenvalue weighted by Crippen LogP contribution is 2.28. The predicted octanol–water partition coefficient (Wildman–Crippen LogP) is 2.64. The third kappa shape index (κ3) is 4.07. The van der Waals surface area contributed by atoms with Gasteiger partial charge in [-0.15, -0.1) is 0 Å². The molecule has 0 spiro atoms. The first kappa shape index (κ1) is 14.6. The van der Waals surface area contributed by atoms with Gasteiger partial charge >= 0.3 is 0 Å². The number of rotatable bonds is 7. The van der Waals surface area contributed by atoms with Crippen molar-refractivity contribution in [3.05, 3.63) is 17.9 Å². The topological polar surface area (TPSA) is 56.5 Å². The number of halogens is 1. The summed E-state index contributed by atoms with van der Waals surface area (Å²) < 4.78 is 24.0. The van der Waals surface area contributed by atoms with Crippen molar-refractivity contribution in [2.45, 2.75) is 26.8 Å². The van der Waals surface area contributed by atoms with E-state index in [9.17, 15) is 4.39 Å². The van der Waals surface area contributed by atoms with Gasteiger partial charge < -0.3 is 20.5 Å². The van der Waals surface area contributed by atoms with Crippen molar-refractivity contribution in [2.24, 2.45) is 0 Å². The number of ether oxygens (including phenoxy) is 2. The van der Waals surface area contributed by atoms with Gasteiger partial charge in [-0.3, -0.25) is 0 Å². The highest BCUT2D eigenvalue weighted by Gasteiger charge is 2.11. The van der Waals surface area contributed by atoms with Crippen LogP contribution < -0.4 is 15.8 Å². The summed E-state index contributed by atoms with van der Waals surface area (Å²) in [5.41, 5.74) is 6.78. The molecule has 0 saturated carbocycles. The van der Waals surface area contributed by atoms with Crippen LogP contribution in [-0.4, -0.2) is 25.9 Å². The Labute approximate surface area is 107 Å². The van der Waals surface area contributed by atoms with Crippen molar-refractivity contribution >= 4 is 11.4 Å². The molecule has 1 rings (SSSR count). The van der Waals surface area contributed by atoms with Crippen molar-refractivity contribution in [3.8, 4) is 5.75 Å². The average molecular weight is 256 g/mol. The fourth-order valence-corrected chi connectivity index (χ4v) is 1.56. The first-order chi connectivity index (χ1) is 8.58. The maximum atomic E-state index is 13.5. The zero-order valence-electron chi connectivity index (χ0n) is 11.1. The van der Waals surface area contributed by atoms with Gasteiger partial charge in [0, 0.05) is 24.8 Å². The Morgan fingerprint density at radius 1 is 1.33 bits per heavy atom. The van der Waals surface area contributed by atoms with Crippen LogP contribution in [0.2, 0.25) is 0 Å². The zero-order valence-corrected chi connectivity index (χ0v) is 11.1. The largest absolute Gasteiger partial charge is 0.491 e. The Bertz CT molecular complexity index is 385. The number of anilines is 2. The van der Waals surface area contributed by atoms with Gasteiger partial charge in [-0.05, 0) is 20.8 Å². The number of hydrogen-bond donors (Lipinski definition) is 2. The van der Waals surface area contributed by atoms with Crippen LogP contribution in [0, 0.1) is 5.82 Å². The fraction of sp³-hybridized carbons (Fsp3) is 0.538. The zero-order chi connectivity index (χ0) is 13.5. The van der Waals surface area contributed by atoms with E-state index in [0.717, 1.165) is 0 Å². The monoisotopic (exact) mass is 256 g/mol. The van der Waals surface area contributed by atoms with Crippen LogP contribution >= 0.6 is 0 Å². The van der Waals surface area contributed by atoms with E-state index in [-0.39, 0.29) is 11.8 Å². The molecule has 1 unspecified atom stereocenters. The summed E-state index contributed by atoms with van der Waals surface area (Å²) in [6.45, 7) is 7.35. The highest BCUT2D eigenvalue weighted by molar-refractivity contribution is 5.68. The van der Waals surface area contributed by atoms with Crippen LogP contribution in [0.4, 0.5) is 15.8 Å². The van der Waals surface area contributed by atoms with E-state index in [1.54, 1.807) is 13.0 Å². The van der Waals surface area contributed by atoms with Crippen LogP contribution in [0.3, 0.4) is 0 Å². The van der Waals surface area contributed by atoms with Gasteiger partial charge in [-0.2, -0.15) is 0 Å². The van der Waals surface area contributed by atoms with Crippen LogP contribution in [0.5, 0.6) is 5.75 Å². The van der Waals surface area contributed by atoms with Crippen LogP contribution in [0.15, 0.2) is 12.1 Å². The molecule has 1 aromatic rings. The Balaban J connectivity index is 2.78. The van der Waals surface area contributed by atoms with E-state index < -0.39 is 5.82 Å². The quantitative estimate of drug-likeness (QED) is 0.736. The maximum absolute atomic E-state index is 13.5. The predicted molar refractivity (Wildman–Crippen MR) is 71.6 cm³/mol. The average Bonchev–Trinajstić information content (AvgIpc) is 2.33. The molecule has 0 heterocycles. The first-order valence-corrected chi connectivity index (χ1v) is 6.14. The highest BCUT2D eigenvalue weighted by atomic mass is 19.1. The third-order valence-corrected chi connectivity index (χ3v) is 2.38. The number of benzene rings is 1. The smallest absolute Gasteiger partial charge is 0.167 e. The molecule has 1 atom stereocenters. The Hall–Kier alpha value is -1.49. The minimum absolute atomic E-state index is 0.0900. The molecule has 0 aromatic heterocycles. The molecule has 0 bridgehead atoms. The molecule has 18 heavy (non-hydrogen) atoms. The third-order valence-electron chi connectivity index (χ3n) is 2.38. The normalized spacial score (nSPS) is 12.2. The van der Waals surface area contributed by atoms with Crippen LogP contribution in [-0.2, 0) is 4.74 Å². The Morgan fingerprint density at radius 2 is 2.06 bits per heavy atom. The molecule has 0 aliphatic carbocycles. The van der Waals surface area contributed by atoms with Gasteiger partial charge in [0.05, 0.1) is 24.6 Å². The van der Waals surface area contributed by atoms with Crippen LogP contribution in [0.1, 0.15) is 20.8 Å². The van der Waals surface area contributed by atoms with Crippen molar-refractivity contribution in [2.75, 3.05) is 30.9 Å².